The highest BCUT2D eigenvalue weighted by molar-refractivity contribution is 9.10. The summed E-state index contributed by atoms with van der Waals surface area (Å²) in [5.74, 6) is 3.02. The summed E-state index contributed by atoms with van der Waals surface area (Å²) >= 11 is 3.47. The molecule has 0 saturated heterocycles. The largest absolute Gasteiger partial charge is 0.469 e. The quantitative estimate of drug-likeness (QED) is 0.243. The Labute approximate surface area is 261 Å². The monoisotopic (exact) mass is 638 g/mol. The molecule has 0 aliphatic heterocycles. The molecule has 4 nitrogen and oxygen atoms in total. The van der Waals surface area contributed by atoms with Crippen molar-refractivity contribution in [1.29, 1.82) is 0 Å². The van der Waals surface area contributed by atoms with Gasteiger partial charge in [-0.15, -0.1) is 0 Å². The minimum atomic E-state index is -0.317. The number of benzene rings is 1. The molecule has 5 aliphatic carbocycles. The highest BCUT2D eigenvalue weighted by Crippen LogP contribution is 2.74. The van der Waals surface area contributed by atoms with Gasteiger partial charge in [0.25, 0.3) is 0 Å². The van der Waals surface area contributed by atoms with Gasteiger partial charge in [-0.05, 0) is 142 Å². The number of carbonyl (C=O) groups is 2. The summed E-state index contributed by atoms with van der Waals surface area (Å²) in [7, 11) is 1.59. The standard InChI is InChI=1S/C37H51BrO4/c1-22(2)25-14-20-37(33(40)41-7)21-15-27-26(31(25)37)12-13-29-35(27,5)18-16-28-34(3,4)30(17-19-36(28,29)6)42-32(39)23-8-10-24(38)11-9-23/h8-11,25-31H,1,12-21H2,2-7H3/t25-,26?,27?,28?,29?,30-,31?,35-,36-,37-/m0/s1. The highest BCUT2D eigenvalue weighted by atomic mass is 79.9. The second-order valence-corrected chi connectivity index (χ2v) is 16.9. The summed E-state index contributed by atoms with van der Waals surface area (Å²) in [6.07, 6.45) is 11.0. The molecule has 0 heterocycles. The smallest absolute Gasteiger partial charge is 0.338 e. The van der Waals surface area contributed by atoms with Crippen LogP contribution in [-0.4, -0.2) is 25.2 Å². The van der Waals surface area contributed by atoms with Gasteiger partial charge in [0.05, 0.1) is 18.1 Å². The fourth-order valence-electron chi connectivity index (χ4n) is 12.3. The van der Waals surface area contributed by atoms with Crippen molar-refractivity contribution >= 4 is 27.9 Å². The molecule has 5 aliphatic rings. The van der Waals surface area contributed by atoms with Crippen molar-refractivity contribution in [2.75, 3.05) is 7.11 Å². The van der Waals surface area contributed by atoms with Gasteiger partial charge in [0.2, 0.25) is 0 Å². The maximum absolute atomic E-state index is 13.4. The number of rotatable bonds is 4. The minimum Gasteiger partial charge on any atom is -0.469 e. The van der Waals surface area contributed by atoms with Gasteiger partial charge in [-0.2, -0.15) is 0 Å². The fraction of sp³-hybridized carbons (Fsp3) is 0.730. The lowest BCUT2D eigenvalue weighted by atomic mass is 9.36. The zero-order chi connectivity index (χ0) is 30.2. The summed E-state index contributed by atoms with van der Waals surface area (Å²) in [5, 5.41) is 0. The molecule has 42 heavy (non-hydrogen) atoms. The molecule has 10 atom stereocenters. The molecule has 0 bridgehead atoms. The Morgan fingerprint density at radius 1 is 0.857 bits per heavy atom. The van der Waals surface area contributed by atoms with Crippen LogP contribution in [0.3, 0.4) is 0 Å². The van der Waals surface area contributed by atoms with Gasteiger partial charge in [0, 0.05) is 9.89 Å². The van der Waals surface area contributed by atoms with Crippen LogP contribution in [0, 0.1) is 57.2 Å². The van der Waals surface area contributed by atoms with Crippen LogP contribution in [0.1, 0.15) is 109 Å². The van der Waals surface area contributed by atoms with Crippen LogP contribution in [0.4, 0.5) is 0 Å². The van der Waals surface area contributed by atoms with E-state index in [2.05, 4.69) is 57.1 Å². The lowest BCUT2D eigenvalue weighted by molar-refractivity contribution is -0.218. The second-order valence-electron chi connectivity index (χ2n) is 16.0. The molecule has 5 heteroatoms. The number of hydrogen-bond donors (Lipinski definition) is 0. The van der Waals surface area contributed by atoms with Gasteiger partial charge in [-0.1, -0.05) is 55.8 Å². The number of hydrogen-bond acceptors (Lipinski definition) is 4. The summed E-state index contributed by atoms with van der Waals surface area (Å²) in [4.78, 5) is 26.6. The van der Waals surface area contributed by atoms with E-state index in [1.54, 1.807) is 7.11 Å². The lowest BCUT2D eigenvalue weighted by Gasteiger charge is -2.69. The Kier molecular flexibility index (Phi) is 7.59. The molecule has 0 amide bonds. The molecule has 0 aromatic heterocycles. The van der Waals surface area contributed by atoms with Crippen LogP contribution in [0.15, 0.2) is 40.9 Å². The summed E-state index contributed by atoms with van der Waals surface area (Å²) < 4.78 is 12.8. The van der Waals surface area contributed by atoms with Crippen LogP contribution in [-0.2, 0) is 14.3 Å². The fourth-order valence-corrected chi connectivity index (χ4v) is 12.6. The lowest BCUT2D eigenvalue weighted by Crippen LogP contribution is -2.64. The van der Waals surface area contributed by atoms with Crippen LogP contribution in [0.2, 0.25) is 0 Å². The van der Waals surface area contributed by atoms with Crippen molar-refractivity contribution < 1.29 is 19.1 Å². The maximum Gasteiger partial charge on any atom is 0.338 e. The zero-order valence-corrected chi connectivity index (χ0v) is 28.2. The molecule has 6 rings (SSSR count). The Hall–Kier alpha value is -1.62. The van der Waals surface area contributed by atoms with Gasteiger partial charge in [-0.25, -0.2) is 4.79 Å². The summed E-state index contributed by atoms with van der Waals surface area (Å²) in [6, 6.07) is 7.50. The predicted octanol–water partition coefficient (Wildman–Crippen LogP) is 9.42. The molecule has 1 aromatic rings. The first-order valence-electron chi connectivity index (χ1n) is 16.5. The average molecular weight is 640 g/mol. The Morgan fingerprint density at radius 3 is 2.19 bits per heavy atom. The molecule has 5 saturated carbocycles. The molecule has 1 aromatic carbocycles. The molecular weight excluding hydrogens is 588 g/mol. The van der Waals surface area contributed by atoms with E-state index in [1.807, 2.05) is 24.3 Å². The number of halogens is 1. The molecule has 230 valence electrons. The zero-order valence-electron chi connectivity index (χ0n) is 26.6. The van der Waals surface area contributed by atoms with E-state index in [1.165, 1.54) is 31.3 Å². The average Bonchev–Trinajstić information content (AvgIpc) is 3.36. The number of fused-ring (bicyclic) bond motifs is 7. The van der Waals surface area contributed by atoms with Crippen molar-refractivity contribution in [2.24, 2.45) is 57.2 Å². The Bertz CT molecular complexity index is 1250. The third kappa shape index (κ3) is 4.32. The topological polar surface area (TPSA) is 52.6 Å². The van der Waals surface area contributed by atoms with Crippen LogP contribution in [0.5, 0.6) is 0 Å². The van der Waals surface area contributed by atoms with Gasteiger partial charge >= 0.3 is 11.9 Å². The van der Waals surface area contributed by atoms with Crippen molar-refractivity contribution in [3.63, 3.8) is 0 Å². The normalized spacial score (nSPS) is 43.6. The van der Waals surface area contributed by atoms with E-state index < -0.39 is 0 Å². The molecule has 5 fully saturated rings. The molecule has 0 spiro atoms. The van der Waals surface area contributed by atoms with Gasteiger partial charge < -0.3 is 9.47 Å². The number of methoxy groups -OCH3 is 1. The van der Waals surface area contributed by atoms with Gasteiger partial charge in [-0.3, -0.25) is 4.79 Å². The first-order chi connectivity index (χ1) is 19.8. The second kappa shape index (κ2) is 10.5. The Morgan fingerprint density at radius 2 is 1.52 bits per heavy atom. The summed E-state index contributed by atoms with van der Waals surface area (Å²) in [6.45, 7) is 16.5. The first-order valence-corrected chi connectivity index (χ1v) is 17.3. The van der Waals surface area contributed by atoms with E-state index in [9.17, 15) is 9.59 Å². The maximum atomic E-state index is 13.4. The van der Waals surface area contributed by atoms with Crippen molar-refractivity contribution in [3.05, 3.63) is 46.5 Å². The van der Waals surface area contributed by atoms with Crippen LogP contribution < -0.4 is 0 Å². The first kappa shape index (κ1) is 30.4. The Balaban J connectivity index is 1.26. The third-order valence-electron chi connectivity index (χ3n) is 14.1. The van der Waals surface area contributed by atoms with E-state index in [4.69, 9.17) is 9.47 Å². The molecular formula is C37H51BrO4. The van der Waals surface area contributed by atoms with Crippen LogP contribution in [0.25, 0.3) is 0 Å². The third-order valence-corrected chi connectivity index (χ3v) is 14.6. The molecule has 0 N–H and O–H groups in total. The van der Waals surface area contributed by atoms with E-state index >= 15 is 0 Å². The molecule has 5 unspecified atom stereocenters. The highest BCUT2D eigenvalue weighted by Gasteiger charge is 2.68. The number of carbonyl (C=O) groups excluding carboxylic acids is 2. The van der Waals surface area contributed by atoms with E-state index in [-0.39, 0.29) is 39.7 Å². The van der Waals surface area contributed by atoms with Gasteiger partial charge in [0.15, 0.2) is 0 Å². The number of allylic oxidation sites excluding steroid dienone is 1. The van der Waals surface area contributed by atoms with Crippen molar-refractivity contribution in [2.45, 2.75) is 105 Å². The summed E-state index contributed by atoms with van der Waals surface area (Å²) in [5.41, 5.74) is 1.98. The van der Waals surface area contributed by atoms with Crippen LogP contribution >= 0.6 is 15.9 Å². The molecule has 0 radical (unpaired) electrons. The number of ether oxygens (including phenoxy) is 2. The predicted molar refractivity (Wildman–Crippen MR) is 170 cm³/mol. The minimum absolute atomic E-state index is 0.0374. The number of esters is 2. The van der Waals surface area contributed by atoms with Crippen molar-refractivity contribution in [1.82, 2.24) is 0 Å². The van der Waals surface area contributed by atoms with E-state index in [0.717, 1.165) is 43.0 Å². The van der Waals surface area contributed by atoms with Crippen molar-refractivity contribution in [3.8, 4) is 0 Å². The SMILES string of the molecule is C=C(C)[C@@H]1CC[C@]2(C(=O)OC)CCC3C(CCC4[C@@]3(C)CCC3C(C)(C)[C@@H](OC(=O)c5ccc(Br)cc5)CC[C@@]34C)C12. The van der Waals surface area contributed by atoms with Gasteiger partial charge in [0.1, 0.15) is 6.10 Å². The van der Waals surface area contributed by atoms with E-state index in [0.29, 0.717) is 41.1 Å².